The molecular formula is C14H27IN6. The van der Waals surface area contributed by atoms with Gasteiger partial charge in [-0.3, -0.25) is 0 Å². The van der Waals surface area contributed by atoms with Crippen LogP contribution >= 0.6 is 24.0 Å². The largest absolute Gasteiger partial charge is 0.354 e. The zero-order chi connectivity index (χ0) is 14.7. The van der Waals surface area contributed by atoms with Crippen LogP contribution < -0.4 is 10.6 Å². The van der Waals surface area contributed by atoms with E-state index in [4.69, 9.17) is 0 Å². The average Bonchev–Trinajstić information content (AvgIpc) is 3.15. The van der Waals surface area contributed by atoms with Crippen LogP contribution in [0, 0.1) is 12.8 Å². The third kappa shape index (κ3) is 5.44. The smallest absolute Gasteiger partial charge is 0.192 e. The van der Waals surface area contributed by atoms with E-state index in [1.54, 1.807) is 0 Å². The number of halogens is 1. The van der Waals surface area contributed by atoms with Gasteiger partial charge in [-0.2, -0.15) is 0 Å². The highest BCUT2D eigenvalue weighted by atomic mass is 127. The maximum Gasteiger partial charge on any atom is 0.192 e. The van der Waals surface area contributed by atoms with Gasteiger partial charge in [-0.05, 0) is 32.6 Å². The first-order valence-corrected chi connectivity index (χ1v) is 7.39. The minimum atomic E-state index is 0. The van der Waals surface area contributed by atoms with Gasteiger partial charge >= 0.3 is 0 Å². The molecule has 2 rings (SSSR count). The predicted octanol–water partition coefficient (Wildman–Crippen LogP) is 1.98. The van der Waals surface area contributed by atoms with Crippen molar-refractivity contribution in [3.63, 3.8) is 0 Å². The van der Waals surface area contributed by atoms with E-state index in [2.05, 4.69) is 46.6 Å². The van der Waals surface area contributed by atoms with Crippen molar-refractivity contribution in [3.8, 4) is 0 Å². The molecule has 1 aromatic rings. The second-order valence-electron chi connectivity index (χ2n) is 5.98. The fourth-order valence-electron chi connectivity index (χ4n) is 1.67. The first kappa shape index (κ1) is 18.2. The molecule has 120 valence electrons. The van der Waals surface area contributed by atoms with Gasteiger partial charge in [-0.25, -0.2) is 4.99 Å². The minimum absolute atomic E-state index is 0. The standard InChI is InChI=1S/C14H26N6.HI/c1-9(2)10(3)16-14(17-12-6-7-12)15-8-13-19-18-11(4)20(13)5;/h9-10,12H,6-8H2,1-5H3,(H2,15,16,17);1H. The lowest BCUT2D eigenvalue weighted by Gasteiger charge is -2.21. The van der Waals surface area contributed by atoms with Gasteiger partial charge in [0.15, 0.2) is 11.8 Å². The molecule has 0 aromatic carbocycles. The fourth-order valence-corrected chi connectivity index (χ4v) is 1.67. The molecule has 1 heterocycles. The maximum absolute atomic E-state index is 4.64. The summed E-state index contributed by atoms with van der Waals surface area (Å²) < 4.78 is 1.98. The number of aryl methyl sites for hydroxylation is 1. The van der Waals surface area contributed by atoms with E-state index in [1.165, 1.54) is 12.8 Å². The summed E-state index contributed by atoms with van der Waals surface area (Å²) in [5.74, 6) is 3.25. The van der Waals surface area contributed by atoms with Gasteiger partial charge in [-0.15, -0.1) is 34.2 Å². The molecule has 1 saturated carbocycles. The van der Waals surface area contributed by atoms with Crippen LogP contribution in [0.2, 0.25) is 0 Å². The van der Waals surface area contributed by atoms with Crippen molar-refractivity contribution < 1.29 is 0 Å². The molecule has 21 heavy (non-hydrogen) atoms. The Labute approximate surface area is 144 Å². The fraction of sp³-hybridized carbons (Fsp3) is 0.786. The Bertz CT molecular complexity index is 478. The maximum atomic E-state index is 4.64. The van der Waals surface area contributed by atoms with Crippen molar-refractivity contribution in [2.45, 2.75) is 59.2 Å². The van der Waals surface area contributed by atoms with Crippen molar-refractivity contribution in [1.29, 1.82) is 0 Å². The molecule has 0 radical (unpaired) electrons. The lowest BCUT2D eigenvalue weighted by Crippen LogP contribution is -2.45. The van der Waals surface area contributed by atoms with Crippen LogP contribution in [0.25, 0.3) is 0 Å². The SMILES string of the molecule is Cc1nnc(CN=C(NC2CC2)NC(C)C(C)C)n1C.I. The van der Waals surface area contributed by atoms with Crippen LogP contribution in [0.3, 0.4) is 0 Å². The monoisotopic (exact) mass is 406 g/mol. The van der Waals surface area contributed by atoms with E-state index >= 15 is 0 Å². The van der Waals surface area contributed by atoms with E-state index in [9.17, 15) is 0 Å². The lowest BCUT2D eigenvalue weighted by atomic mass is 10.1. The van der Waals surface area contributed by atoms with Crippen LogP contribution in [-0.4, -0.2) is 32.8 Å². The van der Waals surface area contributed by atoms with Gasteiger partial charge in [0.05, 0.1) is 0 Å². The van der Waals surface area contributed by atoms with Gasteiger partial charge in [0.2, 0.25) is 0 Å². The number of hydrogen-bond acceptors (Lipinski definition) is 3. The number of aromatic nitrogens is 3. The van der Waals surface area contributed by atoms with Crippen LogP contribution in [0.5, 0.6) is 0 Å². The minimum Gasteiger partial charge on any atom is -0.354 e. The van der Waals surface area contributed by atoms with Crippen LogP contribution in [0.4, 0.5) is 0 Å². The van der Waals surface area contributed by atoms with E-state index in [-0.39, 0.29) is 24.0 Å². The molecule has 1 aromatic heterocycles. The highest BCUT2D eigenvalue weighted by Gasteiger charge is 2.23. The van der Waals surface area contributed by atoms with Crippen molar-refractivity contribution in [2.75, 3.05) is 0 Å². The van der Waals surface area contributed by atoms with Crippen LogP contribution in [0.15, 0.2) is 4.99 Å². The van der Waals surface area contributed by atoms with E-state index < -0.39 is 0 Å². The average molecular weight is 406 g/mol. The topological polar surface area (TPSA) is 67.1 Å². The molecule has 1 aliphatic carbocycles. The Balaban J connectivity index is 0.00000220. The Hall–Kier alpha value is -0.860. The highest BCUT2D eigenvalue weighted by molar-refractivity contribution is 14.0. The molecule has 7 heteroatoms. The summed E-state index contributed by atoms with van der Waals surface area (Å²) in [6.07, 6.45) is 2.47. The van der Waals surface area contributed by atoms with Gasteiger partial charge in [0.1, 0.15) is 12.4 Å². The molecule has 1 atom stereocenters. The molecule has 0 aliphatic heterocycles. The summed E-state index contributed by atoms with van der Waals surface area (Å²) in [5.41, 5.74) is 0. The zero-order valence-electron chi connectivity index (χ0n) is 13.6. The normalized spacial score (nSPS) is 16.6. The first-order valence-electron chi connectivity index (χ1n) is 7.39. The lowest BCUT2D eigenvalue weighted by molar-refractivity contribution is 0.480. The van der Waals surface area contributed by atoms with Crippen LogP contribution in [-0.2, 0) is 13.6 Å². The zero-order valence-corrected chi connectivity index (χ0v) is 15.9. The number of rotatable bonds is 5. The molecule has 1 unspecified atom stereocenters. The third-order valence-electron chi connectivity index (χ3n) is 3.84. The Morgan fingerprint density at radius 3 is 2.48 bits per heavy atom. The van der Waals surface area contributed by atoms with Gasteiger partial charge in [-0.1, -0.05) is 13.8 Å². The molecule has 0 spiro atoms. The highest BCUT2D eigenvalue weighted by Crippen LogP contribution is 2.18. The number of nitrogens with one attached hydrogen (secondary N) is 2. The number of nitrogens with zero attached hydrogens (tertiary/aromatic N) is 4. The summed E-state index contributed by atoms with van der Waals surface area (Å²) in [6, 6.07) is 0.975. The molecule has 0 amide bonds. The van der Waals surface area contributed by atoms with E-state index in [0.29, 0.717) is 24.5 Å². The molecule has 6 nitrogen and oxygen atoms in total. The molecule has 0 saturated heterocycles. The number of hydrogen-bond donors (Lipinski definition) is 2. The van der Waals surface area contributed by atoms with Crippen LogP contribution in [0.1, 0.15) is 45.3 Å². The summed E-state index contributed by atoms with van der Waals surface area (Å²) >= 11 is 0. The third-order valence-corrected chi connectivity index (χ3v) is 3.84. The molecule has 1 aliphatic rings. The summed E-state index contributed by atoms with van der Waals surface area (Å²) in [7, 11) is 1.97. The number of guanidine groups is 1. The van der Waals surface area contributed by atoms with Crippen molar-refractivity contribution in [3.05, 3.63) is 11.6 Å². The predicted molar refractivity (Wildman–Crippen MR) is 95.9 cm³/mol. The van der Waals surface area contributed by atoms with Crippen molar-refractivity contribution >= 4 is 29.9 Å². The van der Waals surface area contributed by atoms with Crippen molar-refractivity contribution in [1.82, 2.24) is 25.4 Å². The molecule has 1 fully saturated rings. The number of aliphatic imine (C=N–C) groups is 1. The summed E-state index contributed by atoms with van der Waals surface area (Å²) in [4.78, 5) is 4.64. The Morgan fingerprint density at radius 1 is 1.33 bits per heavy atom. The van der Waals surface area contributed by atoms with E-state index in [1.807, 2.05) is 18.5 Å². The second kappa shape index (κ2) is 7.95. The molecule has 0 bridgehead atoms. The summed E-state index contributed by atoms with van der Waals surface area (Å²) in [6.45, 7) is 9.09. The van der Waals surface area contributed by atoms with Gasteiger partial charge < -0.3 is 15.2 Å². The quantitative estimate of drug-likeness (QED) is 0.446. The second-order valence-corrected chi connectivity index (χ2v) is 5.98. The molecular weight excluding hydrogens is 379 g/mol. The van der Waals surface area contributed by atoms with Gasteiger partial charge in [0, 0.05) is 19.1 Å². The Kier molecular flexibility index (Phi) is 6.89. The molecule has 2 N–H and O–H groups in total. The van der Waals surface area contributed by atoms with E-state index in [0.717, 1.165) is 17.6 Å². The summed E-state index contributed by atoms with van der Waals surface area (Å²) in [5, 5.41) is 15.1. The van der Waals surface area contributed by atoms with Gasteiger partial charge in [0.25, 0.3) is 0 Å². The Morgan fingerprint density at radius 2 is 2.00 bits per heavy atom. The first-order chi connectivity index (χ1) is 9.47. The van der Waals surface area contributed by atoms with Crippen molar-refractivity contribution in [2.24, 2.45) is 18.0 Å².